The number of rotatable bonds is 4. The summed E-state index contributed by atoms with van der Waals surface area (Å²) >= 11 is 0. The molecule has 31 heavy (non-hydrogen) atoms. The Morgan fingerprint density at radius 2 is 1.74 bits per heavy atom. The van der Waals surface area contributed by atoms with Crippen molar-refractivity contribution in [1.82, 2.24) is 25.1 Å². The van der Waals surface area contributed by atoms with E-state index in [1.54, 1.807) is 36.4 Å². The molecule has 0 aliphatic carbocycles. The van der Waals surface area contributed by atoms with E-state index < -0.39 is 11.7 Å². The second-order valence-electron chi connectivity index (χ2n) is 7.29. The summed E-state index contributed by atoms with van der Waals surface area (Å²) in [5.41, 5.74) is 1.40. The van der Waals surface area contributed by atoms with E-state index in [1.165, 1.54) is 6.07 Å². The van der Waals surface area contributed by atoms with Crippen molar-refractivity contribution < 1.29 is 9.18 Å². The van der Waals surface area contributed by atoms with Crippen molar-refractivity contribution in [3.05, 3.63) is 77.9 Å². The molecule has 0 bridgehead atoms. The summed E-state index contributed by atoms with van der Waals surface area (Å²) in [4.78, 5) is 14.8. The van der Waals surface area contributed by atoms with Gasteiger partial charge in [0.2, 0.25) is 5.82 Å². The zero-order valence-corrected chi connectivity index (χ0v) is 16.4. The number of carbonyl (C=O) groups is 1. The van der Waals surface area contributed by atoms with E-state index in [2.05, 4.69) is 20.8 Å². The maximum atomic E-state index is 14.7. The van der Waals surface area contributed by atoms with E-state index in [0.29, 0.717) is 11.5 Å². The van der Waals surface area contributed by atoms with Gasteiger partial charge >= 0.3 is 0 Å². The Hall–Kier alpha value is -4.14. The third kappa shape index (κ3) is 3.50. The number of amides is 1. The zero-order valence-electron chi connectivity index (χ0n) is 16.4. The first-order valence-electron chi connectivity index (χ1n) is 9.82. The topological polar surface area (TPSA) is 99.8 Å². The average Bonchev–Trinajstić information content (AvgIpc) is 3.22. The molecule has 1 aliphatic heterocycles. The molecule has 0 saturated carbocycles. The molecule has 154 valence electrons. The van der Waals surface area contributed by atoms with Gasteiger partial charge in [0.05, 0.1) is 0 Å². The molecule has 8 nitrogen and oxygen atoms in total. The summed E-state index contributed by atoms with van der Waals surface area (Å²) < 4.78 is 15.8. The quantitative estimate of drug-likeness (QED) is 0.394. The van der Waals surface area contributed by atoms with Crippen LogP contribution in [0.15, 0.2) is 60.7 Å². The number of nitrogens with one attached hydrogen (secondary N) is 2. The van der Waals surface area contributed by atoms with Crippen molar-refractivity contribution in [1.29, 1.82) is 5.41 Å². The highest BCUT2D eigenvalue weighted by molar-refractivity contribution is 6.02. The van der Waals surface area contributed by atoms with Gasteiger partial charge in [-0.1, -0.05) is 24.3 Å². The molecule has 1 amide bonds. The Kier molecular flexibility index (Phi) is 4.62. The zero-order chi connectivity index (χ0) is 21.4. The van der Waals surface area contributed by atoms with Crippen molar-refractivity contribution >= 4 is 28.2 Å². The third-order valence-corrected chi connectivity index (χ3v) is 5.30. The molecule has 2 heterocycles. The van der Waals surface area contributed by atoms with E-state index >= 15 is 0 Å². The predicted octanol–water partition coefficient (Wildman–Crippen LogP) is 3.24. The van der Waals surface area contributed by atoms with E-state index in [-0.39, 0.29) is 11.5 Å². The van der Waals surface area contributed by atoms with Gasteiger partial charge < -0.3 is 10.2 Å². The molecule has 4 aromatic rings. The normalized spacial score (nSPS) is 13.1. The van der Waals surface area contributed by atoms with Crippen molar-refractivity contribution in [2.24, 2.45) is 0 Å². The van der Waals surface area contributed by atoms with Crippen LogP contribution in [0.3, 0.4) is 0 Å². The number of benzene rings is 3. The van der Waals surface area contributed by atoms with Gasteiger partial charge in [-0.05, 0) is 64.0 Å². The number of carbonyl (C=O) groups excluding carboxylic acids is 1. The van der Waals surface area contributed by atoms with Crippen LogP contribution in [-0.2, 0) is 0 Å². The Labute approximate surface area is 176 Å². The smallest absolute Gasteiger partial charge is 0.295 e. The SMILES string of the molecule is N=C(c1ccc(NC(=O)c2nnnn2-c2cc3ccccc3cc2F)cc1)N1CCC1. The van der Waals surface area contributed by atoms with Crippen molar-refractivity contribution in [2.75, 3.05) is 18.4 Å². The van der Waals surface area contributed by atoms with Crippen LogP contribution >= 0.6 is 0 Å². The van der Waals surface area contributed by atoms with Crippen LogP contribution in [0.1, 0.15) is 22.6 Å². The Bertz CT molecular complexity index is 1290. The Morgan fingerprint density at radius 3 is 2.42 bits per heavy atom. The number of hydrogen-bond acceptors (Lipinski definition) is 5. The lowest BCUT2D eigenvalue weighted by Gasteiger charge is -2.33. The molecular weight excluding hydrogens is 397 g/mol. The van der Waals surface area contributed by atoms with Gasteiger partial charge in [0.1, 0.15) is 17.3 Å². The largest absolute Gasteiger partial charge is 0.356 e. The minimum Gasteiger partial charge on any atom is -0.356 e. The molecule has 5 rings (SSSR count). The van der Waals surface area contributed by atoms with E-state index in [0.717, 1.165) is 40.5 Å². The number of likely N-dealkylation sites (tertiary alicyclic amines) is 1. The van der Waals surface area contributed by atoms with E-state index in [9.17, 15) is 9.18 Å². The third-order valence-electron chi connectivity index (χ3n) is 5.30. The first-order valence-corrected chi connectivity index (χ1v) is 9.82. The molecule has 0 unspecified atom stereocenters. The lowest BCUT2D eigenvalue weighted by molar-refractivity contribution is 0.101. The second kappa shape index (κ2) is 7.60. The van der Waals surface area contributed by atoms with E-state index in [1.807, 2.05) is 23.1 Å². The van der Waals surface area contributed by atoms with Crippen LogP contribution in [0.5, 0.6) is 0 Å². The number of halogens is 1. The summed E-state index contributed by atoms with van der Waals surface area (Å²) in [6, 6.07) is 17.3. The summed E-state index contributed by atoms with van der Waals surface area (Å²) in [5.74, 6) is -0.761. The molecule has 1 saturated heterocycles. The fraction of sp³-hybridized carbons (Fsp3) is 0.136. The minimum atomic E-state index is -0.567. The maximum Gasteiger partial charge on any atom is 0.295 e. The van der Waals surface area contributed by atoms with Gasteiger partial charge in [0.25, 0.3) is 5.91 Å². The summed E-state index contributed by atoms with van der Waals surface area (Å²) in [6.45, 7) is 1.79. The van der Waals surface area contributed by atoms with Gasteiger partial charge in [0.15, 0.2) is 0 Å². The van der Waals surface area contributed by atoms with E-state index in [4.69, 9.17) is 5.41 Å². The highest BCUT2D eigenvalue weighted by Crippen LogP contribution is 2.22. The van der Waals surface area contributed by atoms with Gasteiger partial charge in [-0.25, -0.2) is 4.39 Å². The predicted molar refractivity (Wildman–Crippen MR) is 114 cm³/mol. The lowest BCUT2D eigenvalue weighted by Crippen LogP contribution is -2.42. The average molecular weight is 415 g/mol. The number of fused-ring (bicyclic) bond motifs is 1. The van der Waals surface area contributed by atoms with Gasteiger partial charge in [-0.2, -0.15) is 4.68 Å². The van der Waals surface area contributed by atoms with Crippen molar-refractivity contribution in [3.8, 4) is 5.69 Å². The maximum absolute atomic E-state index is 14.7. The molecule has 9 heteroatoms. The number of amidine groups is 1. The molecule has 1 fully saturated rings. The Balaban J connectivity index is 1.39. The first-order chi connectivity index (χ1) is 15.1. The van der Waals surface area contributed by atoms with Gasteiger partial charge in [-0.15, -0.1) is 5.10 Å². The number of hydrogen-bond donors (Lipinski definition) is 2. The molecule has 3 aromatic carbocycles. The lowest BCUT2D eigenvalue weighted by atomic mass is 10.1. The number of aromatic nitrogens is 4. The van der Waals surface area contributed by atoms with Crippen LogP contribution < -0.4 is 5.32 Å². The molecule has 2 N–H and O–H groups in total. The molecular formula is C22H18FN7O. The second-order valence-corrected chi connectivity index (χ2v) is 7.29. The van der Waals surface area contributed by atoms with Crippen LogP contribution in [0.25, 0.3) is 16.5 Å². The monoisotopic (exact) mass is 415 g/mol. The van der Waals surface area contributed by atoms with Gasteiger partial charge in [0, 0.05) is 24.3 Å². The summed E-state index contributed by atoms with van der Waals surface area (Å²) in [7, 11) is 0. The highest BCUT2D eigenvalue weighted by atomic mass is 19.1. The highest BCUT2D eigenvalue weighted by Gasteiger charge is 2.21. The number of anilines is 1. The molecule has 1 aromatic heterocycles. The van der Waals surface area contributed by atoms with Crippen LogP contribution in [0.4, 0.5) is 10.1 Å². The van der Waals surface area contributed by atoms with Crippen molar-refractivity contribution in [3.63, 3.8) is 0 Å². The minimum absolute atomic E-state index is 0.0900. The van der Waals surface area contributed by atoms with Gasteiger partial charge in [-0.3, -0.25) is 10.2 Å². The standard InChI is InChI=1S/C22H18FN7O/c23-18-12-15-4-1-2-5-16(15)13-19(18)30-21(26-27-28-30)22(31)25-17-8-6-14(7-9-17)20(24)29-10-3-11-29/h1-2,4-9,12-13,24H,3,10-11H2,(H,25,31). The van der Waals surface area contributed by atoms with Crippen LogP contribution in [0, 0.1) is 11.2 Å². The number of tetrazole rings is 1. The number of nitrogens with zero attached hydrogens (tertiary/aromatic N) is 5. The molecule has 0 atom stereocenters. The molecule has 0 spiro atoms. The van der Waals surface area contributed by atoms with Crippen LogP contribution in [0.2, 0.25) is 0 Å². The molecule has 0 radical (unpaired) electrons. The Morgan fingerprint density at radius 1 is 1.03 bits per heavy atom. The van der Waals surface area contributed by atoms with Crippen molar-refractivity contribution in [2.45, 2.75) is 6.42 Å². The molecule has 1 aliphatic rings. The fourth-order valence-electron chi connectivity index (χ4n) is 3.47. The first kappa shape index (κ1) is 18.9. The summed E-state index contributed by atoms with van der Waals surface area (Å²) in [5, 5.41) is 23.6. The fourth-order valence-corrected chi connectivity index (χ4v) is 3.47. The van der Waals surface area contributed by atoms with Crippen LogP contribution in [-0.4, -0.2) is 49.9 Å². The summed E-state index contributed by atoms with van der Waals surface area (Å²) in [6.07, 6.45) is 1.10.